The number of carbonyl (C=O) groups is 3. The molecule has 14 heavy (non-hydrogen) atoms. The van der Waals surface area contributed by atoms with Crippen molar-refractivity contribution in [1.29, 1.82) is 0 Å². The standard InChI is InChI=1S/C7H13N3O4/c1-3(6(9)13)10-7(14)4(8)2-5(11)12/h3-4H,2,8H2,1H3,(H2,9,13)(H,10,14)(H,11,12)/t3?,4-/m0/s1. The largest absolute Gasteiger partial charge is 0.481 e. The number of aliphatic carboxylic acids is 1. The van der Waals surface area contributed by atoms with Crippen LogP contribution in [0.2, 0.25) is 0 Å². The lowest BCUT2D eigenvalue weighted by Crippen LogP contribution is -2.49. The van der Waals surface area contributed by atoms with Crippen molar-refractivity contribution in [3.8, 4) is 0 Å². The fourth-order valence-electron chi connectivity index (χ4n) is 0.672. The molecule has 0 spiro atoms. The first kappa shape index (κ1) is 12.4. The van der Waals surface area contributed by atoms with Crippen LogP contribution in [0, 0.1) is 0 Å². The Bertz CT molecular complexity index is 253. The first-order valence-corrected chi connectivity index (χ1v) is 3.91. The highest BCUT2D eigenvalue weighted by molar-refractivity contribution is 5.90. The van der Waals surface area contributed by atoms with E-state index in [9.17, 15) is 14.4 Å². The monoisotopic (exact) mass is 203 g/mol. The quantitative estimate of drug-likeness (QED) is 0.401. The Morgan fingerprint density at radius 1 is 1.43 bits per heavy atom. The van der Waals surface area contributed by atoms with E-state index in [2.05, 4.69) is 5.32 Å². The second-order valence-corrected chi connectivity index (χ2v) is 2.84. The number of carbonyl (C=O) groups excluding carboxylic acids is 2. The molecule has 7 heteroatoms. The van der Waals surface area contributed by atoms with E-state index >= 15 is 0 Å². The Morgan fingerprint density at radius 3 is 2.29 bits per heavy atom. The van der Waals surface area contributed by atoms with Crippen LogP contribution in [0.1, 0.15) is 13.3 Å². The highest BCUT2D eigenvalue weighted by Gasteiger charge is 2.20. The van der Waals surface area contributed by atoms with Crippen molar-refractivity contribution in [2.75, 3.05) is 0 Å². The molecular weight excluding hydrogens is 190 g/mol. The van der Waals surface area contributed by atoms with E-state index in [0.29, 0.717) is 0 Å². The first-order chi connectivity index (χ1) is 6.34. The molecule has 2 atom stereocenters. The maximum atomic E-state index is 11.1. The Labute approximate surface area is 80.4 Å². The molecule has 0 aromatic rings. The molecular formula is C7H13N3O4. The normalized spacial score (nSPS) is 14.1. The smallest absolute Gasteiger partial charge is 0.305 e. The van der Waals surface area contributed by atoms with E-state index in [-0.39, 0.29) is 0 Å². The summed E-state index contributed by atoms with van der Waals surface area (Å²) in [7, 11) is 0. The molecule has 0 saturated heterocycles. The summed E-state index contributed by atoms with van der Waals surface area (Å²) in [4.78, 5) is 31.8. The summed E-state index contributed by atoms with van der Waals surface area (Å²) in [5.41, 5.74) is 10.1. The Hall–Kier alpha value is -1.63. The third-order valence-electron chi connectivity index (χ3n) is 1.52. The fraction of sp³-hybridized carbons (Fsp3) is 0.571. The van der Waals surface area contributed by atoms with Crippen LogP contribution in [-0.2, 0) is 14.4 Å². The van der Waals surface area contributed by atoms with Crippen LogP contribution < -0.4 is 16.8 Å². The highest BCUT2D eigenvalue weighted by atomic mass is 16.4. The molecule has 6 N–H and O–H groups in total. The summed E-state index contributed by atoms with van der Waals surface area (Å²) in [6.07, 6.45) is -0.489. The summed E-state index contributed by atoms with van der Waals surface area (Å²) in [6, 6.07) is -2.03. The number of hydrogen-bond acceptors (Lipinski definition) is 4. The van der Waals surface area contributed by atoms with Crippen LogP contribution in [0.3, 0.4) is 0 Å². The number of carboxylic acid groups (broad SMARTS) is 1. The van der Waals surface area contributed by atoms with Gasteiger partial charge in [-0.1, -0.05) is 0 Å². The van der Waals surface area contributed by atoms with E-state index in [1.807, 2.05) is 0 Å². The van der Waals surface area contributed by atoms with E-state index in [0.717, 1.165) is 0 Å². The maximum Gasteiger partial charge on any atom is 0.305 e. The average molecular weight is 203 g/mol. The molecule has 80 valence electrons. The number of amides is 2. The van der Waals surface area contributed by atoms with E-state index in [1.54, 1.807) is 0 Å². The lowest BCUT2D eigenvalue weighted by molar-refractivity contribution is -0.139. The van der Waals surface area contributed by atoms with Gasteiger partial charge in [0, 0.05) is 0 Å². The minimum Gasteiger partial charge on any atom is -0.481 e. The van der Waals surface area contributed by atoms with Gasteiger partial charge in [0.15, 0.2) is 0 Å². The minimum atomic E-state index is -1.18. The van der Waals surface area contributed by atoms with Gasteiger partial charge < -0.3 is 21.9 Å². The molecule has 2 amide bonds. The summed E-state index contributed by atoms with van der Waals surface area (Å²) in [5.74, 6) is -2.60. The molecule has 0 aromatic carbocycles. The van der Waals surface area contributed by atoms with Crippen LogP contribution in [0.4, 0.5) is 0 Å². The van der Waals surface area contributed by atoms with Gasteiger partial charge in [-0.05, 0) is 6.92 Å². The lowest BCUT2D eigenvalue weighted by atomic mass is 10.2. The molecule has 0 rings (SSSR count). The molecule has 0 bridgehead atoms. The zero-order chi connectivity index (χ0) is 11.3. The lowest BCUT2D eigenvalue weighted by Gasteiger charge is -2.13. The number of hydrogen-bond donors (Lipinski definition) is 4. The predicted octanol–water partition coefficient (Wildman–Crippen LogP) is -2.22. The van der Waals surface area contributed by atoms with Gasteiger partial charge in [0.25, 0.3) is 0 Å². The van der Waals surface area contributed by atoms with E-state index in [1.165, 1.54) is 6.92 Å². The summed E-state index contributed by atoms with van der Waals surface area (Å²) < 4.78 is 0. The molecule has 7 nitrogen and oxygen atoms in total. The molecule has 0 aliphatic heterocycles. The van der Waals surface area contributed by atoms with Crippen molar-refractivity contribution >= 4 is 17.8 Å². The molecule has 0 fully saturated rings. The van der Waals surface area contributed by atoms with Crippen molar-refractivity contribution in [3.05, 3.63) is 0 Å². The number of primary amides is 1. The van der Waals surface area contributed by atoms with Gasteiger partial charge in [-0.15, -0.1) is 0 Å². The molecule has 1 unspecified atom stereocenters. The van der Waals surface area contributed by atoms with Gasteiger partial charge in [-0.25, -0.2) is 0 Å². The van der Waals surface area contributed by atoms with Crippen molar-refractivity contribution in [1.82, 2.24) is 5.32 Å². The molecule has 0 radical (unpaired) electrons. The van der Waals surface area contributed by atoms with Gasteiger partial charge in [-0.2, -0.15) is 0 Å². The van der Waals surface area contributed by atoms with E-state index in [4.69, 9.17) is 16.6 Å². The predicted molar refractivity (Wildman–Crippen MR) is 47.0 cm³/mol. The second-order valence-electron chi connectivity index (χ2n) is 2.84. The van der Waals surface area contributed by atoms with Crippen molar-refractivity contribution in [2.24, 2.45) is 11.5 Å². The molecule has 0 aliphatic carbocycles. The zero-order valence-corrected chi connectivity index (χ0v) is 7.69. The molecule has 0 aliphatic rings. The molecule has 0 heterocycles. The van der Waals surface area contributed by atoms with Gasteiger partial charge in [0.05, 0.1) is 12.5 Å². The Balaban J connectivity index is 4.07. The number of nitrogens with two attached hydrogens (primary N) is 2. The number of nitrogens with one attached hydrogen (secondary N) is 1. The third-order valence-corrected chi connectivity index (χ3v) is 1.52. The average Bonchev–Trinajstić information content (AvgIpc) is 2.02. The van der Waals surface area contributed by atoms with Crippen LogP contribution in [0.5, 0.6) is 0 Å². The minimum absolute atomic E-state index is 0.489. The highest BCUT2D eigenvalue weighted by Crippen LogP contribution is 1.90. The Kier molecular flexibility index (Phi) is 4.57. The SMILES string of the molecule is CC(NC(=O)[C@@H](N)CC(=O)O)C(N)=O. The summed E-state index contributed by atoms with van der Waals surface area (Å²) in [6.45, 7) is 1.38. The van der Waals surface area contributed by atoms with Crippen LogP contribution >= 0.6 is 0 Å². The fourth-order valence-corrected chi connectivity index (χ4v) is 0.672. The number of carboxylic acids is 1. The van der Waals surface area contributed by atoms with Crippen LogP contribution in [-0.4, -0.2) is 35.0 Å². The zero-order valence-electron chi connectivity index (χ0n) is 7.69. The summed E-state index contributed by atoms with van der Waals surface area (Å²) in [5, 5.41) is 10.5. The Morgan fingerprint density at radius 2 is 1.93 bits per heavy atom. The first-order valence-electron chi connectivity index (χ1n) is 3.91. The third kappa shape index (κ3) is 4.41. The summed E-state index contributed by atoms with van der Waals surface area (Å²) >= 11 is 0. The molecule has 0 aromatic heterocycles. The van der Waals surface area contributed by atoms with Crippen LogP contribution in [0.15, 0.2) is 0 Å². The van der Waals surface area contributed by atoms with Gasteiger partial charge in [0.2, 0.25) is 11.8 Å². The molecule has 0 saturated carbocycles. The second kappa shape index (κ2) is 5.18. The maximum absolute atomic E-state index is 11.1. The van der Waals surface area contributed by atoms with E-state index < -0.39 is 36.3 Å². The van der Waals surface area contributed by atoms with Crippen molar-refractivity contribution in [3.63, 3.8) is 0 Å². The van der Waals surface area contributed by atoms with Crippen molar-refractivity contribution in [2.45, 2.75) is 25.4 Å². The van der Waals surface area contributed by atoms with Gasteiger partial charge >= 0.3 is 5.97 Å². The number of rotatable bonds is 5. The van der Waals surface area contributed by atoms with Gasteiger partial charge in [-0.3, -0.25) is 14.4 Å². The van der Waals surface area contributed by atoms with Crippen molar-refractivity contribution < 1.29 is 19.5 Å². The van der Waals surface area contributed by atoms with Gasteiger partial charge in [0.1, 0.15) is 6.04 Å². The van der Waals surface area contributed by atoms with Crippen LogP contribution in [0.25, 0.3) is 0 Å². The topological polar surface area (TPSA) is 136 Å².